The molecule has 0 fully saturated rings. The zero-order valence-corrected chi connectivity index (χ0v) is 10.5. The van der Waals surface area contributed by atoms with E-state index in [-0.39, 0.29) is 17.5 Å². The first kappa shape index (κ1) is 12.8. The molecule has 1 atom stereocenters. The van der Waals surface area contributed by atoms with Crippen LogP contribution in [0.1, 0.15) is 23.6 Å². The van der Waals surface area contributed by atoms with Gasteiger partial charge >= 0.3 is 0 Å². The lowest BCUT2D eigenvalue weighted by atomic mass is 10.1. The number of aromatic hydroxyl groups is 1. The summed E-state index contributed by atoms with van der Waals surface area (Å²) in [6, 6.07) is 5.97. The van der Waals surface area contributed by atoms with E-state index in [0.717, 1.165) is 11.1 Å². The molecule has 2 nitrogen and oxygen atoms in total. The van der Waals surface area contributed by atoms with Crippen LogP contribution in [0, 0.1) is 17.5 Å². The number of phenolic OH excluding ortho intramolecular Hbond substituents is 1. The van der Waals surface area contributed by atoms with E-state index in [0.29, 0.717) is 25.0 Å². The van der Waals surface area contributed by atoms with Gasteiger partial charge in [0.15, 0.2) is 11.6 Å². The molecule has 104 valence electrons. The molecule has 0 amide bonds. The average molecular weight is 279 g/mol. The topological polar surface area (TPSA) is 32.3 Å². The zero-order chi connectivity index (χ0) is 14.3. The average Bonchev–Trinajstić information content (AvgIpc) is 2.76. The molecular weight excluding hydrogens is 267 g/mol. The fourth-order valence-electron chi connectivity index (χ4n) is 2.61. The van der Waals surface area contributed by atoms with Crippen molar-refractivity contribution in [3.8, 4) is 5.75 Å². The molecule has 0 bridgehead atoms. The second kappa shape index (κ2) is 4.74. The number of anilines is 1. The van der Waals surface area contributed by atoms with E-state index in [4.69, 9.17) is 0 Å². The number of hydrogen-bond acceptors (Lipinski definition) is 2. The predicted octanol–water partition coefficient (Wildman–Crippen LogP) is 3.91. The van der Waals surface area contributed by atoms with Crippen molar-refractivity contribution in [1.29, 1.82) is 0 Å². The van der Waals surface area contributed by atoms with Crippen molar-refractivity contribution in [3.05, 3.63) is 58.9 Å². The van der Waals surface area contributed by atoms with Crippen LogP contribution in [0.5, 0.6) is 5.75 Å². The van der Waals surface area contributed by atoms with Crippen LogP contribution in [0.2, 0.25) is 0 Å². The van der Waals surface area contributed by atoms with E-state index >= 15 is 0 Å². The van der Waals surface area contributed by atoms with Crippen molar-refractivity contribution >= 4 is 5.69 Å². The van der Waals surface area contributed by atoms with E-state index in [2.05, 4.69) is 5.32 Å². The second-order valence-electron chi connectivity index (χ2n) is 4.86. The summed E-state index contributed by atoms with van der Waals surface area (Å²) >= 11 is 0. The fraction of sp³-hybridized carbons (Fsp3) is 0.200. The van der Waals surface area contributed by atoms with E-state index < -0.39 is 17.5 Å². The molecular formula is C15H12F3NO. The van der Waals surface area contributed by atoms with Crippen LogP contribution >= 0.6 is 0 Å². The number of aryl methyl sites for hydroxylation is 1. The Morgan fingerprint density at radius 3 is 2.45 bits per heavy atom. The quantitative estimate of drug-likeness (QED) is 0.873. The summed E-state index contributed by atoms with van der Waals surface area (Å²) in [5, 5.41) is 12.2. The Labute approximate surface area is 113 Å². The van der Waals surface area contributed by atoms with Gasteiger partial charge in [-0.3, -0.25) is 0 Å². The number of nitrogens with one attached hydrogen (secondary N) is 1. The van der Waals surface area contributed by atoms with Gasteiger partial charge < -0.3 is 10.4 Å². The summed E-state index contributed by atoms with van der Waals surface area (Å²) < 4.78 is 40.1. The smallest absolute Gasteiger partial charge is 0.152 e. The Balaban J connectivity index is 1.91. The number of phenols is 1. The van der Waals surface area contributed by atoms with Crippen LogP contribution in [0.25, 0.3) is 0 Å². The van der Waals surface area contributed by atoms with Crippen LogP contribution in [0.15, 0.2) is 30.3 Å². The van der Waals surface area contributed by atoms with Gasteiger partial charge in [-0.25, -0.2) is 13.2 Å². The summed E-state index contributed by atoms with van der Waals surface area (Å²) in [5.74, 6) is -2.67. The molecule has 3 rings (SSSR count). The maximum absolute atomic E-state index is 13.6. The third kappa shape index (κ3) is 2.19. The van der Waals surface area contributed by atoms with Crippen LogP contribution in [0.3, 0.4) is 0 Å². The lowest BCUT2D eigenvalue weighted by Gasteiger charge is -2.17. The third-order valence-electron chi connectivity index (χ3n) is 3.53. The maximum Gasteiger partial charge on any atom is 0.152 e. The highest BCUT2D eigenvalue weighted by molar-refractivity contribution is 5.51. The molecule has 0 saturated carbocycles. The van der Waals surface area contributed by atoms with E-state index in [1.807, 2.05) is 0 Å². The van der Waals surface area contributed by atoms with Gasteiger partial charge in [-0.15, -0.1) is 0 Å². The molecule has 5 heteroatoms. The highest BCUT2D eigenvalue weighted by Crippen LogP contribution is 2.36. The summed E-state index contributed by atoms with van der Waals surface area (Å²) in [7, 11) is 0. The van der Waals surface area contributed by atoms with Gasteiger partial charge in [0.25, 0.3) is 0 Å². The molecule has 2 N–H and O–H groups in total. The molecule has 0 spiro atoms. The molecule has 1 aliphatic carbocycles. The Morgan fingerprint density at radius 2 is 1.75 bits per heavy atom. The van der Waals surface area contributed by atoms with Gasteiger partial charge in [0.1, 0.15) is 17.3 Å². The molecule has 1 unspecified atom stereocenters. The van der Waals surface area contributed by atoms with Crippen LogP contribution in [-0.4, -0.2) is 5.11 Å². The van der Waals surface area contributed by atoms with Crippen LogP contribution in [-0.2, 0) is 6.42 Å². The monoisotopic (exact) mass is 279 g/mol. The van der Waals surface area contributed by atoms with Crippen molar-refractivity contribution in [3.63, 3.8) is 0 Å². The summed E-state index contributed by atoms with van der Waals surface area (Å²) in [4.78, 5) is 0. The maximum atomic E-state index is 13.6. The van der Waals surface area contributed by atoms with Gasteiger partial charge in [-0.05, 0) is 36.1 Å². The molecule has 0 radical (unpaired) electrons. The zero-order valence-electron chi connectivity index (χ0n) is 10.5. The Hall–Kier alpha value is -2.17. The normalized spacial score (nSPS) is 17.1. The summed E-state index contributed by atoms with van der Waals surface area (Å²) in [6.45, 7) is 0. The van der Waals surface area contributed by atoms with Gasteiger partial charge in [-0.2, -0.15) is 0 Å². The fourth-order valence-corrected chi connectivity index (χ4v) is 2.61. The molecule has 0 saturated heterocycles. The van der Waals surface area contributed by atoms with E-state index in [1.54, 1.807) is 12.1 Å². The second-order valence-corrected chi connectivity index (χ2v) is 4.86. The number of fused-ring (bicyclic) bond motifs is 1. The minimum atomic E-state index is -0.949. The van der Waals surface area contributed by atoms with E-state index in [1.165, 1.54) is 6.07 Å². The summed E-state index contributed by atoms with van der Waals surface area (Å²) in [5.41, 5.74) is 1.52. The first-order valence-corrected chi connectivity index (χ1v) is 6.27. The number of halogens is 3. The minimum Gasteiger partial charge on any atom is -0.508 e. The van der Waals surface area contributed by atoms with Crippen molar-refractivity contribution in [1.82, 2.24) is 0 Å². The van der Waals surface area contributed by atoms with Crippen molar-refractivity contribution < 1.29 is 18.3 Å². The lowest BCUT2D eigenvalue weighted by molar-refractivity contribution is 0.474. The Bertz CT molecular complexity index is 649. The van der Waals surface area contributed by atoms with Crippen LogP contribution < -0.4 is 5.32 Å². The van der Waals surface area contributed by atoms with Gasteiger partial charge in [0.05, 0.1) is 6.04 Å². The summed E-state index contributed by atoms with van der Waals surface area (Å²) in [6.07, 6.45) is 1.38. The highest BCUT2D eigenvalue weighted by Gasteiger charge is 2.24. The first-order chi connectivity index (χ1) is 9.54. The molecule has 0 aliphatic heterocycles. The Kier molecular flexibility index (Phi) is 3.04. The highest BCUT2D eigenvalue weighted by atomic mass is 19.1. The van der Waals surface area contributed by atoms with Crippen molar-refractivity contribution in [2.24, 2.45) is 0 Å². The molecule has 0 heterocycles. The third-order valence-corrected chi connectivity index (χ3v) is 3.53. The van der Waals surface area contributed by atoms with Gasteiger partial charge in [0.2, 0.25) is 0 Å². The largest absolute Gasteiger partial charge is 0.508 e. The number of hydrogen-bond donors (Lipinski definition) is 2. The molecule has 2 aromatic rings. The lowest BCUT2D eigenvalue weighted by Crippen LogP contribution is -2.10. The molecule has 1 aliphatic rings. The number of benzene rings is 2. The molecule has 2 aromatic carbocycles. The minimum absolute atomic E-state index is 0.170. The first-order valence-electron chi connectivity index (χ1n) is 6.27. The van der Waals surface area contributed by atoms with Crippen molar-refractivity contribution in [2.75, 3.05) is 5.32 Å². The van der Waals surface area contributed by atoms with E-state index in [9.17, 15) is 18.3 Å². The van der Waals surface area contributed by atoms with Gasteiger partial charge in [0, 0.05) is 12.1 Å². The van der Waals surface area contributed by atoms with Crippen LogP contribution in [0.4, 0.5) is 18.9 Å². The molecule has 20 heavy (non-hydrogen) atoms. The standard InChI is InChI=1S/C15H12F3NO/c16-9-6-12(17)15(13(18)7-9)19-14-4-1-8-5-10(20)2-3-11(8)14/h2-3,5-7,14,19-20H,1,4H2. The number of rotatable bonds is 2. The van der Waals surface area contributed by atoms with Crippen molar-refractivity contribution in [2.45, 2.75) is 18.9 Å². The Morgan fingerprint density at radius 1 is 1.05 bits per heavy atom. The molecule has 0 aromatic heterocycles. The SMILES string of the molecule is Oc1ccc2c(c1)CCC2Nc1c(F)cc(F)cc1F. The predicted molar refractivity (Wildman–Crippen MR) is 69.1 cm³/mol. The van der Waals surface area contributed by atoms with Gasteiger partial charge in [-0.1, -0.05) is 6.07 Å².